The van der Waals surface area contributed by atoms with Gasteiger partial charge in [0.05, 0.1) is 31.9 Å². The molecule has 1 fully saturated rings. The van der Waals surface area contributed by atoms with Crippen molar-refractivity contribution in [3.63, 3.8) is 0 Å². The first-order chi connectivity index (χ1) is 8.72. The van der Waals surface area contributed by atoms with Gasteiger partial charge >= 0.3 is 5.97 Å². The fourth-order valence-electron chi connectivity index (χ4n) is 2.39. The molecule has 1 N–H and O–H groups in total. The molecule has 1 aromatic rings. The van der Waals surface area contributed by atoms with Gasteiger partial charge in [0.2, 0.25) is 0 Å². The summed E-state index contributed by atoms with van der Waals surface area (Å²) in [4.78, 5) is 13.3. The Balaban J connectivity index is 2.06. The summed E-state index contributed by atoms with van der Waals surface area (Å²) in [5.74, 6) is -0.357. The van der Waals surface area contributed by atoms with Crippen molar-refractivity contribution in [2.45, 2.75) is 25.9 Å². The summed E-state index contributed by atoms with van der Waals surface area (Å²) in [6, 6.07) is 3.70. The second-order valence-corrected chi connectivity index (χ2v) is 4.60. The van der Waals surface area contributed by atoms with Crippen LogP contribution in [0.2, 0.25) is 0 Å². The number of ether oxygens (including phenoxy) is 1. The van der Waals surface area contributed by atoms with Gasteiger partial charge in [0.15, 0.2) is 0 Å². The fourth-order valence-corrected chi connectivity index (χ4v) is 2.39. The monoisotopic (exact) mass is 253 g/mol. The van der Waals surface area contributed by atoms with Crippen LogP contribution in [0, 0.1) is 5.92 Å². The van der Waals surface area contributed by atoms with Gasteiger partial charge in [-0.3, -0.25) is 9.69 Å². The first-order valence-corrected chi connectivity index (χ1v) is 6.29. The van der Waals surface area contributed by atoms with Crippen LogP contribution in [-0.4, -0.2) is 41.8 Å². The van der Waals surface area contributed by atoms with Gasteiger partial charge < -0.3 is 14.3 Å². The molecule has 0 radical (unpaired) electrons. The molecule has 2 atom stereocenters. The number of rotatable bonds is 6. The molecule has 100 valence electrons. The van der Waals surface area contributed by atoms with Crippen LogP contribution < -0.4 is 0 Å². The van der Waals surface area contributed by atoms with Crippen molar-refractivity contribution >= 4 is 5.97 Å². The Bertz CT molecular complexity index is 376. The minimum atomic E-state index is -0.780. The molecule has 2 unspecified atom stereocenters. The average Bonchev–Trinajstić information content (AvgIpc) is 2.99. The SMILES string of the molecule is CCCN(Cc1ccco1)C1COCC1C(=O)O. The lowest BCUT2D eigenvalue weighted by Gasteiger charge is -2.29. The Labute approximate surface area is 106 Å². The Morgan fingerprint density at radius 1 is 1.56 bits per heavy atom. The van der Waals surface area contributed by atoms with Gasteiger partial charge in [-0.2, -0.15) is 0 Å². The largest absolute Gasteiger partial charge is 0.481 e. The number of nitrogens with zero attached hydrogens (tertiary/aromatic N) is 1. The third kappa shape index (κ3) is 2.91. The zero-order valence-corrected chi connectivity index (χ0v) is 10.5. The molecule has 5 heteroatoms. The highest BCUT2D eigenvalue weighted by Crippen LogP contribution is 2.22. The summed E-state index contributed by atoms with van der Waals surface area (Å²) in [7, 11) is 0. The maximum absolute atomic E-state index is 11.2. The molecule has 0 aromatic carbocycles. The molecule has 0 aliphatic carbocycles. The summed E-state index contributed by atoms with van der Waals surface area (Å²) in [6.07, 6.45) is 2.61. The van der Waals surface area contributed by atoms with Crippen LogP contribution in [0.5, 0.6) is 0 Å². The van der Waals surface area contributed by atoms with Gasteiger partial charge in [-0.1, -0.05) is 6.92 Å². The zero-order valence-electron chi connectivity index (χ0n) is 10.5. The van der Waals surface area contributed by atoms with Crippen molar-refractivity contribution < 1.29 is 19.1 Å². The molecule has 1 aliphatic heterocycles. The third-order valence-corrected chi connectivity index (χ3v) is 3.29. The van der Waals surface area contributed by atoms with Crippen LogP contribution in [0.4, 0.5) is 0 Å². The predicted molar refractivity (Wildman–Crippen MR) is 65.1 cm³/mol. The lowest BCUT2D eigenvalue weighted by atomic mass is 10.0. The van der Waals surface area contributed by atoms with Gasteiger partial charge in [-0.25, -0.2) is 0 Å². The van der Waals surface area contributed by atoms with E-state index in [4.69, 9.17) is 9.15 Å². The Kier molecular flexibility index (Phi) is 4.38. The predicted octanol–water partition coefficient (Wildman–Crippen LogP) is 1.59. The van der Waals surface area contributed by atoms with Crippen molar-refractivity contribution in [2.75, 3.05) is 19.8 Å². The lowest BCUT2D eigenvalue weighted by Crippen LogP contribution is -2.43. The van der Waals surface area contributed by atoms with E-state index in [-0.39, 0.29) is 6.04 Å². The highest BCUT2D eigenvalue weighted by atomic mass is 16.5. The molecule has 2 heterocycles. The third-order valence-electron chi connectivity index (χ3n) is 3.29. The summed E-state index contributed by atoms with van der Waals surface area (Å²) in [5, 5.41) is 9.20. The van der Waals surface area contributed by atoms with Crippen molar-refractivity contribution in [1.82, 2.24) is 4.90 Å². The molecule has 18 heavy (non-hydrogen) atoms. The quantitative estimate of drug-likeness (QED) is 0.834. The van der Waals surface area contributed by atoms with Gasteiger partial charge in [-0.05, 0) is 25.1 Å². The van der Waals surface area contributed by atoms with E-state index in [1.165, 1.54) is 0 Å². The molecule has 5 nitrogen and oxygen atoms in total. The van der Waals surface area contributed by atoms with E-state index in [0.717, 1.165) is 18.7 Å². The molecule has 2 rings (SSSR count). The Hall–Kier alpha value is -1.33. The lowest BCUT2D eigenvalue weighted by molar-refractivity contribution is -0.143. The van der Waals surface area contributed by atoms with E-state index < -0.39 is 11.9 Å². The Morgan fingerprint density at radius 3 is 3.00 bits per heavy atom. The number of furan rings is 1. The molecule has 0 amide bonds. The van der Waals surface area contributed by atoms with Gasteiger partial charge in [0.1, 0.15) is 5.76 Å². The summed E-state index contributed by atoms with van der Waals surface area (Å²) >= 11 is 0. The molecule has 1 saturated heterocycles. The van der Waals surface area contributed by atoms with Crippen LogP contribution >= 0.6 is 0 Å². The molecule has 0 spiro atoms. The number of carboxylic acids is 1. The maximum Gasteiger partial charge on any atom is 0.310 e. The van der Waals surface area contributed by atoms with Crippen molar-refractivity contribution in [2.24, 2.45) is 5.92 Å². The number of carboxylic acid groups (broad SMARTS) is 1. The smallest absolute Gasteiger partial charge is 0.310 e. The van der Waals surface area contributed by atoms with Crippen LogP contribution in [0.25, 0.3) is 0 Å². The first-order valence-electron chi connectivity index (χ1n) is 6.29. The highest BCUT2D eigenvalue weighted by Gasteiger charge is 2.37. The Morgan fingerprint density at radius 2 is 2.39 bits per heavy atom. The summed E-state index contributed by atoms with van der Waals surface area (Å²) in [6.45, 7) is 4.36. The molecule has 0 bridgehead atoms. The zero-order chi connectivity index (χ0) is 13.0. The highest BCUT2D eigenvalue weighted by molar-refractivity contribution is 5.71. The van der Waals surface area contributed by atoms with Crippen LogP contribution in [-0.2, 0) is 16.1 Å². The maximum atomic E-state index is 11.2. The standard InChI is InChI=1S/C13H19NO4/c1-2-5-14(7-10-4-3-6-18-10)12-9-17-8-11(12)13(15)16/h3-4,6,11-12H,2,5,7-9H2,1H3,(H,15,16). The number of hydrogen-bond donors (Lipinski definition) is 1. The molecular formula is C13H19NO4. The van der Waals surface area contributed by atoms with E-state index in [9.17, 15) is 9.90 Å². The van der Waals surface area contributed by atoms with Crippen LogP contribution in [0.1, 0.15) is 19.1 Å². The molecule has 1 aromatic heterocycles. The van der Waals surface area contributed by atoms with Crippen molar-refractivity contribution in [3.8, 4) is 0 Å². The summed E-state index contributed by atoms with van der Waals surface area (Å²) < 4.78 is 10.7. The number of aliphatic carboxylic acids is 1. The van der Waals surface area contributed by atoms with Crippen LogP contribution in [0.3, 0.4) is 0 Å². The van der Waals surface area contributed by atoms with E-state index in [1.54, 1.807) is 6.26 Å². The molecular weight excluding hydrogens is 234 g/mol. The fraction of sp³-hybridized carbons (Fsp3) is 0.615. The van der Waals surface area contributed by atoms with Crippen molar-refractivity contribution in [3.05, 3.63) is 24.2 Å². The second-order valence-electron chi connectivity index (χ2n) is 4.60. The number of hydrogen-bond acceptors (Lipinski definition) is 4. The van der Waals surface area contributed by atoms with E-state index >= 15 is 0 Å². The van der Waals surface area contributed by atoms with E-state index in [0.29, 0.717) is 19.8 Å². The average molecular weight is 253 g/mol. The van der Waals surface area contributed by atoms with Crippen LogP contribution in [0.15, 0.2) is 22.8 Å². The normalized spacial score (nSPS) is 23.7. The minimum Gasteiger partial charge on any atom is -0.481 e. The topological polar surface area (TPSA) is 62.9 Å². The van der Waals surface area contributed by atoms with Gasteiger partial charge in [0, 0.05) is 6.04 Å². The van der Waals surface area contributed by atoms with E-state index in [1.807, 2.05) is 12.1 Å². The molecule has 0 saturated carbocycles. The van der Waals surface area contributed by atoms with Gasteiger partial charge in [-0.15, -0.1) is 0 Å². The van der Waals surface area contributed by atoms with E-state index in [2.05, 4.69) is 11.8 Å². The van der Waals surface area contributed by atoms with Gasteiger partial charge in [0.25, 0.3) is 0 Å². The second kappa shape index (κ2) is 6.02. The summed E-state index contributed by atoms with van der Waals surface area (Å²) in [5.41, 5.74) is 0. The molecule has 1 aliphatic rings. The minimum absolute atomic E-state index is 0.0625. The number of carbonyl (C=O) groups is 1. The first kappa shape index (κ1) is 13.1. The van der Waals surface area contributed by atoms with Crippen molar-refractivity contribution in [1.29, 1.82) is 0 Å².